The Balaban J connectivity index is 2.05. The molecule has 1 fully saturated rings. The van der Waals surface area contributed by atoms with Gasteiger partial charge in [-0.25, -0.2) is 4.79 Å². The molecular formula is C22H34N2O3. The Morgan fingerprint density at radius 2 is 1.74 bits per heavy atom. The lowest BCUT2D eigenvalue weighted by Crippen LogP contribution is -2.57. The van der Waals surface area contributed by atoms with Crippen LogP contribution in [0, 0.1) is 0 Å². The van der Waals surface area contributed by atoms with Crippen LogP contribution in [0.5, 0.6) is 0 Å². The molecule has 1 atom stereocenters. The zero-order chi connectivity index (χ0) is 19.7. The second-order valence-corrected chi connectivity index (χ2v) is 7.57. The van der Waals surface area contributed by atoms with E-state index in [2.05, 4.69) is 13.8 Å². The Kier molecular flexibility index (Phi) is 8.14. The molecular weight excluding hydrogens is 340 g/mol. The maximum Gasteiger partial charge on any atom is 0.410 e. The molecule has 1 aromatic carbocycles. The summed E-state index contributed by atoms with van der Waals surface area (Å²) in [5, 5.41) is 0. The first-order valence-electron chi connectivity index (χ1n) is 10.3. The molecule has 0 spiro atoms. The van der Waals surface area contributed by atoms with Crippen LogP contribution in [0.1, 0.15) is 64.9 Å². The average Bonchev–Trinajstić information content (AvgIpc) is 3.09. The minimum atomic E-state index is -0.796. The van der Waals surface area contributed by atoms with Crippen molar-refractivity contribution in [1.82, 2.24) is 9.80 Å². The lowest BCUT2D eigenvalue weighted by molar-refractivity contribution is -0.141. The summed E-state index contributed by atoms with van der Waals surface area (Å²) in [6.07, 6.45) is 5.22. The Bertz CT molecular complexity index is 597. The van der Waals surface area contributed by atoms with Crippen LogP contribution in [0.25, 0.3) is 0 Å². The molecule has 27 heavy (non-hydrogen) atoms. The van der Waals surface area contributed by atoms with Crippen molar-refractivity contribution in [1.29, 1.82) is 0 Å². The predicted molar refractivity (Wildman–Crippen MR) is 107 cm³/mol. The van der Waals surface area contributed by atoms with Crippen LogP contribution in [0.3, 0.4) is 0 Å². The topological polar surface area (TPSA) is 49.9 Å². The van der Waals surface area contributed by atoms with E-state index < -0.39 is 11.6 Å². The summed E-state index contributed by atoms with van der Waals surface area (Å²) in [5.41, 5.74) is 0.153. The molecule has 0 N–H and O–H groups in total. The van der Waals surface area contributed by atoms with Gasteiger partial charge in [0.25, 0.3) is 0 Å². The molecule has 5 nitrogen and oxygen atoms in total. The molecule has 1 aliphatic heterocycles. The van der Waals surface area contributed by atoms with E-state index in [1.165, 1.54) is 0 Å². The number of unbranched alkanes of at least 4 members (excludes halogenated alkanes) is 2. The standard InChI is InChI=1S/C22H34N2O3/c1-4-6-15-23(16-7-5-2)20(25)22(3)14-11-17-24(22)21(26)27-18-19-12-9-8-10-13-19/h8-10,12-13H,4-7,11,14-18H2,1-3H3. The van der Waals surface area contributed by atoms with Gasteiger partial charge in [0.1, 0.15) is 12.1 Å². The smallest absolute Gasteiger partial charge is 0.410 e. The average molecular weight is 375 g/mol. The normalized spacial score (nSPS) is 19.1. The Morgan fingerprint density at radius 3 is 2.33 bits per heavy atom. The van der Waals surface area contributed by atoms with Gasteiger partial charge in [-0.15, -0.1) is 0 Å². The van der Waals surface area contributed by atoms with Crippen molar-refractivity contribution in [2.45, 2.75) is 71.4 Å². The number of nitrogens with zero attached hydrogens (tertiary/aromatic N) is 2. The molecule has 5 heteroatoms. The van der Waals surface area contributed by atoms with E-state index in [0.29, 0.717) is 13.0 Å². The number of carbonyl (C=O) groups excluding carboxylic acids is 2. The minimum absolute atomic E-state index is 0.0681. The van der Waals surface area contributed by atoms with Crippen molar-refractivity contribution in [2.75, 3.05) is 19.6 Å². The summed E-state index contributed by atoms with van der Waals surface area (Å²) in [5.74, 6) is 0.0681. The van der Waals surface area contributed by atoms with E-state index in [1.807, 2.05) is 42.2 Å². The van der Waals surface area contributed by atoms with Gasteiger partial charge in [0, 0.05) is 19.6 Å². The number of hydrogen-bond donors (Lipinski definition) is 0. The van der Waals surface area contributed by atoms with Gasteiger partial charge in [0.2, 0.25) is 5.91 Å². The van der Waals surface area contributed by atoms with Crippen molar-refractivity contribution in [3.63, 3.8) is 0 Å². The van der Waals surface area contributed by atoms with E-state index in [0.717, 1.165) is 50.8 Å². The number of ether oxygens (including phenoxy) is 1. The van der Waals surface area contributed by atoms with Crippen LogP contribution in [-0.4, -0.2) is 47.0 Å². The fourth-order valence-corrected chi connectivity index (χ4v) is 3.63. The van der Waals surface area contributed by atoms with Gasteiger partial charge < -0.3 is 9.64 Å². The number of amides is 2. The number of likely N-dealkylation sites (tertiary alicyclic amines) is 1. The molecule has 2 amide bonds. The van der Waals surface area contributed by atoms with Crippen LogP contribution in [-0.2, 0) is 16.1 Å². The van der Waals surface area contributed by atoms with Crippen molar-refractivity contribution < 1.29 is 14.3 Å². The van der Waals surface area contributed by atoms with E-state index >= 15 is 0 Å². The van der Waals surface area contributed by atoms with Gasteiger partial charge >= 0.3 is 6.09 Å². The Labute approximate surface area is 163 Å². The Hall–Kier alpha value is -2.04. The predicted octanol–water partition coefficient (Wildman–Crippen LogP) is 4.61. The highest BCUT2D eigenvalue weighted by molar-refractivity contribution is 5.90. The molecule has 0 aliphatic carbocycles. The number of benzene rings is 1. The Morgan fingerprint density at radius 1 is 1.11 bits per heavy atom. The minimum Gasteiger partial charge on any atom is -0.445 e. The lowest BCUT2D eigenvalue weighted by atomic mass is 9.96. The molecule has 150 valence electrons. The molecule has 1 aliphatic rings. The van der Waals surface area contributed by atoms with Crippen LogP contribution < -0.4 is 0 Å². The number of carbonyl (C=O) groups is 2. The van der Waals surface area contributed by atoms with Crippen LogP contribution >= 0.6 is 0 Å². The first-order chi connectivity index (χ1) is 13.0. The van der Waals surface area contributed by atoms with E-state index in [1.54, 1.807) is 4.90 Å². The van der Waals surface area contributed by atoms with Crippen LogP contribution in [0.15, 0.2) is 30.3 Å². The van der Waals surface area contributed by atoms with Gasteiger partial charge in [-0.1, -0.05) is 57.0 Å². The van der Waals surface area contributed by atoms with Crippen molar-refractivity contribution in [3.8, 4) is 0 Å². The summed E-state index contributed by atoms with van der Waals surface area (Å²) in [6, 6.07) is 9.64. The third kappa shape index (κ3) is 5.47. The third-order valence-electron chi connectivity index (χ3n) is 5.38. The van der Waals surface area contributed by atoms with Crippen LogP contribution in [0.4, 0.5) is 4.79 Å². The van der Waals surface area contributed by atoms with Gasteiger partial charge in [-0.3, -0.25) is 9.69 Å². The number of rotatable bonds is 9. The van der Waals surface area contributed by atoms with Crippen molar-refractivity contribution in [2.24, 2.45) is 0 Å². The second kappa shape index (κ2) is 10.3. The van der Waals surface area contributed by atoms with Gasteiger partial charge in [0.15, 0.2) is 0 Å². The van der Waals surface area contributed by atoms with E-state index in [-0.39, 0.29) is 12.5 Å². The monoisotopic (exact) mass is 374 g/mol. The van der Waals surface area contributed by atoms with E-state index in [9.17, 15) is 9.59 Å². The summed E-state index contributed by atoms with van der Waals surface area (Å²) in [6.45, 7) is 8.49. The van der Waals surface area contributed by atoms with Crippen molar-refractivity contribution >= 4 is 12.0 Å². The first-order valence-corrected chi connectivity index (χ1v) is 10.3. The highest BCUT2D eigenvalue weighted by Gasteiger charge is 2.48. The van der Waals surface area contributed by atoms with Gasteiger partial charge in [-0.2, -0.15) is 0 Å². The SMILES string of the molecule is CCCCN(CCCC)C(=O)C1(C)CCCN1C(=O)OCc1ccccc1. The first kappa shape index (κ1) is 21.3. The largest absolute Gasteiger partial charge is 0.445 e. The fourth-order valence-electron chi connectivity index (χ4n) is 3.63. The maximum absolute atomic E-state index is 13.3. The molecule has 1 heterocycles. The summed E-state index contributed by atoms with van der Waals surface area (Å²) in [7, 11) is 0. The molecule has 0 saturated carbocycles. The van der Waals surface area contributed by atoms with Gasteiger partial charge in [0.05, 0.1) is 0 Å². The summed E-state index contributed by atoms with van der Waals surface area (Å²) in [4.78, 5) is 29.7. The highest BCUT2D eigenvalue weighted by atomic mass is 16.6. The highest BCUT2D eigenvalue weighted by Crippen LogP contribution is 2.32. The summed E-state index contributed by atoms with van der Waals surface area (Å²) >= 11 is 0. The molecule has 1 aromatic rings. The lowest BCUT2D eigenvalue weighted by Gasteiger charge is -2.37. The molecule has 1 saturated heterocycles. The zero-order valence-corrected chi connectivity index (χ0v) is 17.1. The fraction of sp³-hybridized carbons (Fsp3) is 0.636. The molecule has 2 rings (SSSR count). The third-order valence-corrected chi connectivity index (χ3v) is 5.38. The number of hydrogen-bond acceptors (Lipinski definition) is 3. The second-order valence-electron chi connectivity index (χ2n) is 7.57. The van der Waals surface area contributed by atoms with Crippen LogP contribution in [0.2, 0.25) is 0 Å². The van der Waals surface area contributed by atoms with Gasteiger partial charge in [-0.05, 0) is 38.2 Å². The molecule has 1 unspecified atom stereocenters. The molecule has 0 aromatic heterocycles. The maximum atomic E-state index is 13.3. The van der Waals surface area contributed by atoms with Crippen molar-refractivity contribution in [3.05, 3.63) is 35.9 Å². The summed E-state index contributed by atoms with van der Waals surface area (Å²) < 4.78 is 5.52. The quantitative estimate of drug-likeness (QED) is 0.634. The zero-order valence-electron chi connectivity index (χ0n) is 17.1. The van der Waals surface area contributed by atoms with E-state index in [4.69, 9.17) is 4.74 Å². The molecule has 0 radical (unpaired) electrons. The molecule has 0 bridgehead atoms.